The van der Waals surface area contributed by atoms with Gasteiger partial charge in [-0.05, 0) is 23.7 Å². The van der Waals surface area contributed by atoms with E-state index in [0.29, 0.717) is 11.8 Å². The van der Waals surface area contributed by atoms with Gasteiger partial charge in [-0.3, -0.25) is 0 Å². The van der Waals surface area contributed by atoms with Crippen LogP contribution in [0.5, 0.6) is 0 Å². The van der Waals surface area contributed by atoms with Crippen molar-refractivity contribution in [3.63, 3.8) is 0 Å². The van der Waals surface area contributed by atoms with E-state index in [1.807, 2.05) is 0 Å². The number of hydrogen-bond donors (Lipinski definition) is 0. The van der Waals surface area contributed by atoms with Crippen molar-refractivity contribution in [2.75, 3.05) is 0 Å². The summed E-state index contributed by atoms with van der Waals surface area (Å²) in [4.78, 5) is 0. The van der Waals surface area contributed by atoms with Gasteiger partial charge in [-0.25, -0.2) is 0 Å². The summed E-state index contributed by atoms with van der Waals surface area (Å²) in [6, 6.07) is 0. The summed E-state index contributed by atoms with van der Waals surface area (Å²) >= 11 is 0. The lowest BCUT2D eigenvalue weighted by Crippen LogP contribution is -1.91. The summed E-state index contributed by atoms with van der Waals surface area (Å²) in [6.45, 7) is 17.9. The maximum absolute atomic E-state index is 2.28. The Bertz CT molecular complexity index is 131. The molecule has 0 aromatic heterocycles. The van der Waals surface area contributed by atoms with Crippen LogP contribution in [0.25, 0.3) is 0 Å². The van der Waals surface area contributed by atoms with Crippen LogP contribution < -0.4 is 0 Å². The quantitative estimate of drug-likeness (QED) is 0.509. The van der Waals surface area contributed by atoms with Crippen molar-refractivity contribution in [2.24, 2.45) is 23.7 Å². The Balaban J connectivity index is 0. The summed E-state index contributed by atoms with van der Waals surface area (Å²) in [7, 11) is 0. The zero-order valence-corrected chi connectivity index (χ0v) is 12.9. The summed E-state index contributed by atoms with van der Waals surface area (Å²) in [5.74, 6) is 3.18. The molecule has 0 N–H and O–H groups in total. The molecule has 0 saturated heterocycles. The third-order valence-electron chi connectivity index (χ3n) is 2.20. The van der Waals surface area contributed by atoms with Crippen molar-refractivity contribution >= 4 is 0 Å². The first-order valence-corrected chi connectivity index (χ1v) is 6.94. The molecule has 0 rings (SSSR count). The van der Waals surface area contributed by atoms with E-state index in [1.165, 1.54) is 12.8 Å². The van der Waals surface area contributed by atoms with E-state index in [-0.39, 0.29) is 0 Å². The molecule has 0 aliphatic rings. The van der Waals surface area contributed by atoms with E-state index < -0.39 is 0 Å². The van der Waals surface area contributed by atoms with E-state index in [0.717, 1.165) is 11.8 Å². The van der Waals surface area contributed by atoms with Gasteiger partial charge in [0.1, 0.15) is 0 Å². The maximum Gasteiger partial charge on any atom is -0.0290 e. The average molecular weight is 226 g/mol. The van der Waals surface area contributed by atoms with Gasteiger partial charge in [-0.1, -0.05) is 80.4 Å². The van der Waals surface area contributed by atoms with Gasteiger partial charge < -0.3 is 0 Å². The summed E-state index contributed by atoms with van der Waals surface area (Å²) in [5, 5.41) is 0. The fraction of sp³-hybridized carbons (Fsp3) is 0.875. The van der Waals surface area contributed by atoms with Crippen LogP contribution in [0.4, 0.5) is 0 Å². The molecule has 0 amide bonds. The number of allylic oxidation sites excluding steroid dienone is 2. The highest BCUT2D eigenvalue weighted by Gasteiger charge is 1.95. The topological polar surface area (TPSA) is 0 Å². The van der Waals surface area contributed by atoms with Crippen LogP contribution in [0.15, 0.2) is 12.2 Å². The van der Waals surface area contributed by atoms with Crippen molar-refractivity contribution in [1.29, 1.82) is 0 Å². The zero-order valence-electron chi connectivity index (χ0n) is 12.9. The summed E-state index contributed by atoms with van der Waals surface area (Å²) in [6.07, 6.45) is 7.25. The molecule has 98 valence electrons. The number of hydrogen-bond acceptors (Lipinski definition) is 0. The molecule has 0 aromatic carbocycles. The second-order valence-electron chi connectivity index (χ2n) is 6.24. The molecule has 0 aliphatic carbocycles. The molecule has 0 aliphatic heterocycles. The second-order valence-corrected chi connectivity index (χ2v) is 6.24. The van der Waals surface area contributed by atoms with Gasteiger partial charge in [0.05, 0.1) is 0 Å². The van der Waals surface area contributed by atoms with Crippen molar-refractivity contribution in [2.45, 2.75) is 68.2 Å². The van der Waals surface area contributed by atoms with Crippen LogP contribution in [0.3, 0.4) is 0 Å². The molecule has 0 spiro atoms. The first kappa shape index (κ1) is 18.1. The Labute approximate surface area is 105 Å². The predicted octanol–water partition coefficient (Wildman–Crippen LogP) is 5.93. The standard InChI is InChI=1S/C8H18.C8H16/c2*1-7(2)5-6-8(3)4/h7-8H,5-6H2,1-4H3;5-8H,1-4H3/b;6-5-. The smallest absolute Gasteiger partial charge is 0.0290 e. The first-order chi connectivity index (χ1) is 7.25. The molecule has 0 bridgehead atoms. The normalized spacial score (nSPS) is 11.8. The van der Waals surface area contributed by atoms with Gasteiger partial charge in [0.25, 0.3) is 0 Å². The Kier molecular flexibility index (Phi) is 12.7. The molecule has 0 aromatic rings. The minimum atomic E-state index is 0.706. The SMILES string of the molecule is CC(C)/C=C\C(C)C.CC(C)CCC(C)C. The van der Waals surface area contributed by atoms with Gasteiger partial charge in [0.15, 0.2) is 0 Å². The van der Waals surface area contributed by atoms with Gasteiger partial charge in [0, 0.05) is 0 Å². The fourth-order valence-electron chi connectivity index (χ4n) is 1.11. The first-order valence-electron chi connectivity index (χ1n) is 6.94. The largest absolute Gasteiger partial charge is 0.0857 e. The van der Waals surface area contributed by atoms with Crippen LogP contribution in [0.1, 0.15) is 68.2 Å². The third-order valence-corrected chi connectivity index (χ3v) is 2.20. The monoisotopic (exact) mass is 226 g/mol. The van der Waals surface area contributed by atoms with Crippen LogP contribution in [0.2, 0.25) is 0 Å². The highest BCUT2D eigenvalue weighted by molar-refractivity contribution is 4.86. The lowest BCUT2D eigenvalue weighted by Gasteiger charge is -2.05. The third kappa shape index (κ3) is 23.5. The Morgan fingerprint density at radius 1 is 0.562 bits per heavy atom. The van der Waals surface area contributed by atoms with E-state index in [4.69, 9.17) is 0 Å². The van der Waals surface area contributed by atoms with Crippen LogP contribution in [-0.2, 0) is 0 Å². The van der Waals surface area contributed by atoms with Gasteiger partial charge in [-0.15, -0.1) is 0 Å². The summed E-state index contributed by atoms with van der Waals surface area (Å²) in [5.41, 5.74) is 0. The minimum absolute atomic E-state index is 0.706. The van der Waals surface area contributed by atoms with Crippen molar-refractivity contribution in [3.05, 3.63) is 12.2 Å². The zero-order chi connectivity index (χ0) is 13.1. The molecule has 0 atom stereocenters. The maximum atomic E-state index is 2.28. The molecule has 0 saturated carbocycles. The van der Waals surface area contributed by atoms with Gasteiger partial charge in [0.2, 0.25) is 0 Å². The average Bonchev–Trinajstić information content (AvgIpc) is 2.12. The van der Waals surface area contributed by atoms with E-state index in [1.54, 1.807) is 0 Å². The van der Waals surface area contributed by atoms with E-state index in [9.17, 15) is 0 Å². The molecule has 0 nitrogen and oxygen atoms in total. The van der Waals surface area contributed by atoms with Crippen molar-refractivity contribution in [1.82, 2.24) is 0 Å². The highest BCUT2D eigenvalue weighted by Crippen LogP contribution is 2.09. The van der Waals surface area contributed by atoms with E-state index >= 15 is 0 Å². The lowest BCUT2D eigenvalue weighted by atomic mass is 10.0. The molecular weight excluding hydrogens is 192 g/mol. The molecule has 16 heavy (non-hydrogen) atoms. The lowest BCUT2D eigenvalue weighted by molar-refractivity contribution is 0.476. The molecule has 0 heterocycles. The van der Waals surface area contributed by atoms with Crippen molar-refractivity contribution in [3.8, 4) is 0 Å². The molecule has 0 heteroatoms. The van der Waals surface area contributed by atoms with E-state index in [2.05, 4.69) is 67.5 Å². The molecule has 0 radical (unpaired) electrons. The number of rotatable bonds is 5. The second kappa shape index (κ2) is 11.2. The Morgan fingerprint density at radius 3 is 0.938 bits per heavy atom. The van der Waals surface area contributed by atoms with Gasteiger partial charge >= 0.3 is 0 Å². The summed E-state index contributed by atoms with van der Waals surface area (Å²) < 4.78 is 0. The minimum Gasteiger partial charge on any atom is -0.0857 e. The van der Waals surface area contributed by atoms with Crippen LogP contribution >= 0.6 is 0 Å². The Morgan fingerprint density at radius 2 is 0.812 bits per heavy atom. The van der Waals surface area contributed by atoms with Gasteiger partial charge in [-0.2, -0.15) is 0 Å². The highest BCUT2D eigenvalue weighted by atomic mass is 14.0. The van der Waals surface area contributed by atoms with Crippen LogP contribution in [-0.4, -0.2) is 0 Å². The molecular formula is C16H34. The molecule has 0 unspecified atom stereocenters. The van der Waals surface area contributed by atoms with Crippen molar-refractivity contribution < 1.29 is 0 Å². The molecule has 0 fully saturated rings. The Hall–Kier alpha value is -0.260. The predicted molar refractivity (Wildman–Crippen MR) is 77.7 cm³/mol. The van der Waals surface area contributed by atoms with Crippen LogP contribution in [0, 0.1) is 23.7 Å². The fourth-order valence-corrected chi connectivity index (χ4v) is 1.11.